The summed E-state index contributed by atoms with van der Waals surface area (Å²) in [5.41, 5.74) is 0.444. The molecule has 3 nitrogen and oxygen atoms in total. The second-order valence-corrected chi connectivity index (χ2v) is 6.00. The van der Waals surface area contributed by atoms with Gasteiger partial charge in [0.05, 0.1) is 19.1 Å². The van der Waals surface area contributed by atoms with Crippen molar-refractivity contribution in [3.8, 4) is 0 Å². The number of halogens is 2. The second-order valence-electron chi connectivity index (χ2n) is 5.08. The van der Waals surface area contributed by atoms with E-state index < -0.39 is 0 Å². The van der Waals surface area contributed by atoms with Gasteiger partial charge in [-0.3, -0.25) is 4.79 Å². The SMILES string of the molecule is CCCNC1COCC1C(=O)Cc1ccc(Br)cc1F. The van der Waals surface area contributed by atoms with E-state index in [1.54, 1.807) is 12.1 Å². The van der Waals surface area contributed by atoms with Crippen molar-refractivity contribution in [3.63, 3.8) is 0 Å². The Kier molecular flexibility index (Phi) is 5.69. The van der Waals surface area contributed by atoms with Gasteiger partial charge >= 0.3 is 0 Å². The summed E-state index contributed by atoms with van der Waals surface area (Å²) < 4.78 is 19.8. The van der Waals surface area contributed by atoms with E-state index in [-0.39, 0.29) is 30.0 Å². The van der Waals surface area contributed by atoms with E-state index >= 15 is 0 Å². The maximum absolute atomic E-state index is 13.8. The third-order valence-corrected chi connectivity index (χ3v) is 4.02. The number of carbonyl (C=O) groups is 1. The first-order valence-electron chi connectivity index (χ1n) is 6.89. The molecule has 1 aliphatic heterocycles. The number of ether oxygens (including phenoxy) is 1. The molecule has 0 saturated carbocycles. The van der Waals surface area contributed by atoms with E-state index in [1.807, 2.05) is 0 Å². The topological polar surface area (TPSA) is 38.3 Å². The fourth-order valence-corrected chi connectivity index (χ4v) is 2.72. The third-order valence-electron chi connectivity index (χ3n) is 3.53. The first-order valence-corrected chi connectivity index (χ1v) is 7.69. The summed E-state index contributed by atoms with van der Waals surface area (Å²) in [5.74, 6) is -0.480. The number of carbonyl (C=O) groups excluding carboxylic acids is 1. The molecule has 1 aromatic rings. The quantitative estimate of drug-likeness (QED) is 0.862. The van der Waals surface area contributed by atoms with Gasteiger partial charge < -0.3 is 10.1 Å². The zero-order valence-corrected chi connectivity index (χ0v) is 13.1. The van der Waals surface area contributed by atoms with Gasteiger partial charge in [0.25, 0.3) is 0 Å². The number of hydrogen-bond donors (Lipinski definition) is 1. The molecule has 1 heterocycles. The average molecular weight is 344 g/mol. The molecule has 20 heavy (non-hydrogen) atoms. The molecule has 0 bridgehead atoms. The zero-order chi connectivity index (χ0) is 14.5. The zero-order valence-electron chi connectivity index (χ0n) is 11.5. The normalized spacial score (nSPS) is 22.1. The van der Waals surface area contributed by atoms with Crippen LogP contribution in [0.4, 0.5) is 4.39 Å². The lowest BCUT2D eigenvalue weighted by atomic mass is 9.93. The molecule has 0 amide bonds. The highest BCUT2D eigenvalue weighted by molar-refractivity contribution is 9.10. The van der Waals surface area contributed by atoms with E-state index in [0.29, 0.717) is 23.2 Å². The van der Waals surface area contributed by atoms with Crippen LogP contribution in [0.1, 0.15) is 18.9 Å². The number of benzene rings is 1. The molecule has 2 unspecified atom stereocenters. The Morgan fingerprint density at radius 1 is 1.50 bits per heavy atom. The van der Waals surface area contributed by atoms with Crippen LogP contribution in [0.2, 0.25) is 0 Å². The minimum Gasteiger partial charge on any atom is -0.379 e. The maximum atomic E-state index is 13.8. The smallest absolute Gasteiger partial charge is 0.144 e. The Balaban J connectivity index is 2.00. The summed E-state index contributed by atoms with van der Waals surface area (Å²) in [6.45, 7) is 3.93. The van der Waals surface area contributed by atoms with Crippen molar-refractivity contribution in [1.29, 1.82) is 0 Å². The molecule has 0 spiro atoms. The standard InChI is InChI=1S/C15H19BrFNO2/c1-2-5-18-14-9-20-8-12(14)15(19)6-10-3-4-11(16)7-13(10)17/h3-4,7,12,14,18H,2,5-6,8-9H2,1H3. The molecular weight excluding hydrogens is 325 g/mol. The largest absolute Gasteiger partial charge is 0.379 e. The van der Waals surface area contributed by atoms with Crippen LogP contribution < -0.4 is 5.32 Å². The van der Waals surface area contributed by atoms with Crippen LogP contribution in [0, 0.1) is 11.7 Å². The van der Waals surface area contributed by atoms with Crippen molar-refractivity contribution in [2.45, 2.75) is 25.8 Å². The third kappa shape index (κ3) is 3.87. The number of ketones is 1. The molecule has 0 aromatic heterocycles. The van der Waals surface area contributed by atoms with Gasteiger partial charge in [0.1, 0.15) is 11.6 Å². The molecule has 5 heteroatoms. The summed E-state index contributed by atoms with van der Waals surface area (Å²) >= 11 is 3.21. The molecule has 2 rings (SSSR count). The maximum Gasteiger partial charge on any atom is 0.144 e. The monoisotopic (exact) mass is 343 g/mol. The van der Waals surface area contributed by atoms with Crippen molar-refractivity contribution < 1.29 is 13.9 Å². The van der Waals surface area contributed by atoms with Gasteiger partial charge in [-0.1, -0.05) is 28.9 Å². The van der Waals surface area contributed by atoms with Gasteiger partial charge in [-0.2, -0.15) is 0 Å². The molecule has 1 saturated heterocycles. The Bertz CT molecular complexity index is 481. The highest BCUT2D eigenvalue weighted by Gasteiger charge is 2.33. The summed E-state index contributed by atoms with van der Waals surface area (Å²) in [6, 6.07) is 4.85. The predicted molar refractivity (Wildman–Crippen MR) is 79.2 cm³/mol. The van der Waals surface area contributed by atoms with Gasteiger partial charge in [0.2, 0.25) is 0 Å². The van der Waals surface area contributed by atoms with Crippen molar-refractivity contribution >= 4 is 21.7 Å². The van der Waals surface area contributed by atoms with Crippen LogP contribution in [0.15, 0.2) is 22.7 Å². The first kappa shape index (κ1) is 15.6. The number of rotatable bonds is 6. The molecule has 0 aliphatic carbocycles. The Morgan fingerprint density at radius 2 is 2.30 bits per heavy atom. The van der Waals surface area contributed by atoms with Crippen molar-refractivity contribution in [1.82, 2.24) is 5.32 Å². The minimum atomic E-state index is -0.343. The van der Waals surface area contributed by atoms with Gasteiger partial charge in [-0.05, 0) is 30.7 Å². The summed E-state index contributed by atoms with van der Waals surface area (Å²) in [4.78, 5) is 12.3. The molecule has 0 radical (unpaired) electrons. The number of Topliss-reactive ketones (excluding diaryl/α,β-unsaturated/α-hetero) is 1. The van der Waals surface area contributed by atoms with E-state index in [9.17, 15) is 9.18 Å². The minimum absolute atomic E-state index is 0.0392. The predicted octanol–water partition coefficient (Wildman–Crippen LogP) is 2.71. The van der Waals surface area contributed by atoms with E-state index in [2.05, 4.69) is 28.2 Å². The molecule has 1 fully saturated rings. The summed E-state index contributed by atoms with van der Waals surface area (Å²) in [6.07, 6.45) is 1.14. The fraction of sp³-hybridized carbons (Fsp3) is 0.533. The van der Waals surface area contributed by atoms with Crippen LogP contribution in [-0.2, 0) is 16.0 Å². The molecule has 1 aromatic carbocycles. The van der Waals surface area contributed by atoms with Crippen LogP contribution in [0.25, 0.3) is 0 Å². The van der Waals surface area contributed by atoms with Gasteiger partial charge in [0, 0.05) is 16.9 Å². The summed E-state index contributed by atoms with van der Waals surface area (Å²) in [7, 11) is 0. The molecule has 2 atom stereocenters. The van der Waals surface area contributed by atoms with E-state index in [1.165, 1.54) is 6.07 Å². The number of hydrogen-bond acceptors (Lipinski definition) is 3. The van der Waals surface area contributed by atoms with Crippen LogP contribution in [0.5, 0.6) is 0 Å². The van der Waals surface area contributed by atoms with E-state index in [4.69, 9.17) is 4.74 Å². The lowest BCUT2D eigenvalue weighted by Crippen LogP contribution is -2.40. The van der Waals surface area contributed by atoms with Crippen molar-refractivity contribution in [2.75, 3.05) is 19.8 Å². The van der Waals surface area contributed by atoms with Gasteiger partial charge in [0.15, 0.2) is 0 Å². The van der Waals surface area contributed by atoms with Crippen LogP contribution in [0.3, 0.4) is 0 Å². The Labute approximate surface area is 127 Å². The molecule has 1 aliphatic rings. The fourth-order valence-electron chi connectivity index (χ4n) is 2.39. The van der Waals surface area contributed by atoms with Crippen LogP contribution in [-0.4, -0.2) is 31.6 Å². The molecular formula is C15H19BrFNO2. The Morgan fingerprint density at radius 3 is 3.00 bits per heavy atom. The highest BCUT2D eigenvalue weighted by atomic mass is 79.9. The van der Waals surface area contributed by atoms with Crippen molar-refractivity contribution in [3.05, 3.63) is 34.1 Å². The van der Waals surface area contributed by atoms with E-state index in [0.717, 1.165) is 13.0 Å². The molecule has 1 N–H and O–H groups in total. The van der Waals surface area contributed by atoms with Crippen molar-refractivity contribution in [2.24, 2.45) is 5.92 Å². The van der Waals surface area contributed by atoms with Gasteiger partial charge in [-0.15, -0.1) is 0 Å². The number of nitrogens with one attached hydrogen (secondary N) is 1. The molecule has 110 valence electrons. The lowest BCUT2D eigenvalue weighted by Gasteiger charge is -2.17. The summed E-state index contributed by atoms with van der Waals surface area (Å²) in [5, 5.41) is 3.32. The van der Waals surface area contributed by atoms with Crippen LogP contribution >= 0.6 is 15.9 Å². The second kappa shape index (κ2) is 7.29. The lowest BCUT2D eigenvalue weighted by molar-refractivity contribution is -0.122. The average Bonchev–Trinajstić information content (AvgIpc) is 2.88. The Hall–Kier alpha value is -0.780. The van der Waals surface area contributed by atoms with Gasteiger partial charge in [-0.25, -0.2) is 4.39 Å². The first-order chi connectivity index (χ1) is 9.61. The highest BCUT2D eigenvalue weighted by Crippen LogP contribution is 2.20.